The highest BCUT2D eigenvalue weighted by Crippen LogP contribution is 2.16. The Morgan fingerprint density at radius 2 is 2.33 bits per heavy atom. The third-order valence-electron chi connectivity index (χ3n) is 1.73. The van der Waals surface area contributed by atoms with Crippen LogP contribution in [0.15, 0.2) is 30.9 Å². The predicted octanol–water partition coefficient (Wildman–Crippen LogP) is 1.53. The van der Waals surface area contributed by atoms with Gasteiger partial charge in [0, 0.05) is 6.20 Å². The molecule has 0 aromatic carbocycles. The van der Waals surface area contributed by atoms with Crippen LogP contribution in [-0.2, 0) is 6.54 Å². The number of anilines is 1. The molecule has 0 amide bonds. The van der Waals surface area contributed by atoms with Crippen LogP contribution < -0.4 is 5.32 Å². The zero-order valence-electron chi connectivity index (χ0n) is 7.76. The fourth-order valence-corrected chi connectivity index (χ4v) is 1.22. The minimum Gasteiger partial charge on any atom is -0.363 e. The number of rotatable bonds is 3. The zero-order chi connectivity index (χ0) is 10.5. The van der Waals surface area contributed by atoms with Crippen molar-refractivity contribution in [3.8, 4) is 0 Å². The van der Waals surface area contributed by atoms with Crippen LogP contribution in [0.2, 0.25) is 5.02 Å². The molecule has 0 saturated heterocycles. The van der Waals surface area contributed by atoms with Crippen LogP contribution >= 0.6 is 11.6 Å². The number of nitrogens with zero attached hydrogens (tertiary/aromatic N) is 4. The lowest BCUT2D eigenvalue weighted by molar-refractivity contribution is 0.919. The maximum Gasteiger partial charge on any atom is 0.148 e. The first-order valence-electron chi connectivity index (χ1n) is 4.32. The van der Waals surface area contributed by atoms with E-state index in [9.17, 15) is 0 Å². The monoisotopic (exact) mass is 221 g/mol. The molecule has 2 aromatic heterocycles. The van der Waals surface area contributed by atoms with Gasteiger partial charge >= 0.3 is 0 Å². The van der Waals surface area contributed by atoms with Gasteiger partial charge in [0.1, 0.15) is 17.2 Å². The zero-order valence-corrected chi connectivity index (χ0v) is 8.52. The van der Waals surface area contributed by atoms with Crippen molar-refractivity contribution in [3.63, 3.8) is 0 Å². The normalized spacial score (nSPS) is 9.93. The van der Waals surface area contributed by atoms with E-state index in [1.165, 1.54) is 12.5 Å². The fraction of sp³-hybridized carbons (Fsp3) is 0.111. The molecule has 2 rings (SSSR count). The van der Waals surface area contributed by atoms with Crippen molar-refractivity contribution in [2.75, 3.05) is 5.32 Å². The van der Waals surface area contributed by atoms with Crippen molar-refractivity contribution < 1.29 is 0 Å². The van der Waals surface area contributed by atoms with Crippen molar-refractivity contribution >= 4 is 17.4 Å². The molecule has 0 aliphatic heterocycles. The smallest absolute Gasteiger partial charge is 0.148 e. The molecular weight excluding hydrogens is 214 g/mol. The van der Waals surface area contributed by atoms with Crippen LogP contribution in [0.3, 0.4) is 0 Å². The average Bonchev–Trinajstić information content (AvgIpc) is 2.29. The largest absolute Gasteiger partial charge is 0.363 e. The molecule has 2 heterocycles. The molecule has 0 radical (unpaired) electrons. The van der Waals surface area contributed by atoms with Crippen LogP contribution in [0.1, 0.15) is 5.69 Å². The molecule has 0 aliphatic carbocycles. The summed E-state index contributed by atoms with van der Waals surface area (Å²) in [6.07, 6.45) is 4.60. The Labute approximate surface area is 91.6 Å². The molecule has 6 heteroatoms. The quantitative estimate of drug-likeness (QED) is 0.852. The summed E-state index contributed by atoms with van der Waals surface area (Å²) in [5.41, 5.74) is 0.826. The van der Waals surface area contributed by atoms with E-state index < -0.39 is 0 Å². The van der Waals surface area contributed by atoms with E-state index >= 15 is 0 Å². The van der Waals surface area contributed by atoms with Gasteiger partial charge in [0.25, 0.3) is 0 Å². The number of halogens is 1. The van der Waals surface area contributed by atoms with E-state index in [-0.39, 0.29) is 0 Å². The van der Waals surface area contributed by atoms with Crippen molar-refractivity contribution in [2.24, 2.45) is 0 Å². The summed E-state index contributed by atoms with van der Waals surface area (Å²) >= 11 is 5.87. The molecule has 0 saturated carbocycles. The van der Waals surface area contributed by atoms with Gasteiger partial charge in [-0.3, -0.25) is 0 Å². The average molecular weight is 222 g/mol. The first-order valence-corrected chi connectivity index (χ1v) is 4.70. The lowest BCUT2D eigenvalue weighted by Crippen LogP contribution is -2.04. The Bertz CT molecular complexity index is 434. The van der Waals surface area contributed by atoms with Crippen molar-refractivity contribution in [1.82, 2.24) is 20.2 Å². The Morgan fingerprint density at radius 3 is 3.07 bits per heavy atom. The lowest BCUT2D eigenvalue weighted by atomic mass is 10.4. The van der Waals surface area contributed by atoms with Crippen LogP contribution in [0.5, 0.6) is 0 Å². The van der Waals surface area contributed by atoms with Crippen molar-refractivity contribution in [2.45, 2.75) is 6.54 Å². The third-order valence-corrected chi connectivity index (χ3v) is 2.01. The van der Waals surface area contributed by atoms with Crippen molar-refractivity contribution in [1.29, 1.82) is 0 Å². The van der Waals surface area contributed by atoms with Gasteiger partial charge in [-0.2, -0.15) is 10.2 Å². The summed E-state index contributed by atoms with van der Waals surface area (Å²) in [5.74, 6) is 0.595. The topological polar surface area (TPSA) is 63.6 Å². The SMILES string of the molecule is Clc1cncnc1NCc1cccnn1. The van der Waals surface area contributed by atoms with Crippen LogP contribution in [-0.4, -0.2) is 20.2 Å². The molecule has 15 heavy (non-hydrogen) atoms. The summed E-state index contributed by atoms with van der Waals surface area (Å²) in [4.78, 5) is 7.78. The highest BCUT2D eigenvalue weighted by atomic mass is 35.5. The second-order valence-electron chi connectivity index (χ2n) is 2.79. The first kappa shape index (κ1) is 9.79. The van der Waals surface area contributed by atoms with Gasteiger partial charge in [0.2, 0.25) is 0 Å². The second-order valence-corrected chi connectivity index (χ2v) is 3.20. The van der Waals surface area contributed by atoms with E-state index in [0.29, 0.717) is 17.4 Å². The standard InChI is InChI=1S/C9H8ClN5/c10-8-5-11-6-13-9(8)12-4-7-2-1-3-14-15-7/h1-3,5-6H,4H2,(H,11,12,13). The number of nitrogens with one attached hydrogen (secondary N) is 1. The van der Waals surface area contributed by atoms with Crippen molar-refractivity contribution in [3.05, 3.63) is 41.6 Å². The molecule has 0 fully saturated rings. The minimum absolute atomic E-state index is 0.487. The summed E-state index contributed by atoms with van der Waals surface area (Å²) < 4.78 is 0. The Hall–Kier alpha value is -1.75. The van der Waals surface area contributed by atoms with Gasteiger partial charge in [0.15, 0.2) is 0 Å². The molecule has 1 N–H and O–H groups in total. The van der Waals surface area contributed by atoms with Gasteiger partial charge in [-0.1, -0.05) is 11.6 Å². The molecule has 0 aliphatic rings. The van der Waals surface area contributed by atoms with Gasteiger partial charge in [-0.05, 0) is 12.1 Å². The molecule has 0 unspecified atom stereocenters. The summed E-state index contributed by atoms with van der Waals surface area (Å²) in [6.45, 7) is 0.532. The second kappa shape index (κ2) is 4.65. The summed E-state index contributed by atoms with van der Waals surface area (Å²) in [5, 5.41) is 11.2. The van der Waals surface area contributed by atoms with Crippen LogP contribution in [0.25, 0.3) is 0 Å². The summed E-state index contributed by atoms with van der Waals surface area (Å²) in [7, 11) is 0. The predicted molar refractivity (Wildman–Crippen MR) is 56.4 cm³/mol. The van der Waals surface area contributed by atoms with Gasteiger partial charge < -0.3 is 5.32 Å². The molecular formula is C9H8ClN5. The maximum atomic E-state index is 5.87. The Balaban J connectivity index is 2.03. The van der Waals surface area contributed by atoms with Gasteiger partial charge in [-0.15, -0.1) is 0 Å². The number of hydrogen-bond donors (Lipinski definition) is 1. The van der Waals surface area contributed by atoms with Crippen LogP contribution in [0.4, 0.5) is 5.82 Å². The molecule has 0 atom stereocenters. The first-order chi connectivity index (χ1) is 7.36. The Morgan fingerprint density at radius 1 is 1.40 bits per heavy atom. The van der Waals surface area contributed by atoms with E-state index in [0.717, 1.165) is 5.69 Å². The van der Waals surface area contributed by atoms with Gasteiger partial charge in [-0.25, -0.2) is 9.97 Å². The molecule has 2 aromatic rings. The number of aromatic nitrogens is 4. The minimum atomic E-state index is 0.487. The Kier molecular flexibility index (Phi) is 3.04. The lowest BCUT2D eigenvalue weighted by Gasteiger charge is -2.04. The van der Waals surface area contributed by atoms with E-state index in [2.05, 4.69) is 25.5 Å². The molecule has 5 nitrogen and oxygen atoms in total. The maximum absolute atomic E-state index is 5.87. The highest BCUT2D eigenvalue weighted by molar-refractivity contribution is 6.32. The summed E-state index contributed by atoms with van der Waals surface area (Å²) in [6, 6.07) is 3.70. The third kappa shape index (κ3) is 2.60. The molecule has 0 spiro atoms. The van der Waals surface area contributed by atoms with E-state index in [1.807, 2.05) is 12.1 Å². The van der Waals surface area contributed by atoms with E-state index in [1.54, 1.807) is 6.20 Å². The highest BCUT2D eigenvalue weighted by Gasteiger charge is 2.00. The van der Waals surface area contributed by atoms with E-state index in [4.69, 9.17) is 11.6 Å². The van der Waals surface area contributed by atoms with Crippen LogP contribution in [0, 0.1) is 0 Å². The molecule has 76 valence electrons. The number of hydrogen-bond acceptors (Lipinski definition) is 5. The molecule has 0 bridgehead atoms. The fourth-order valence-electron chi connectivity index (χ4n) is 1.04. The van der Waals surface area contributed by atoms with Gasteiger partial charge in [0.05, 0.1) is 18.4 Å².